The highest BCUT2D eigenvalue weighted by molar-refractivity contribution is 8.02. The molecule has 0 N–H and O–H groups in total. The van der Waals surface area contributed by atoms with Gasteiger partial charge in [0.2, 0.25) is 0 Å². The Morgan fingerprint density at radius 1 is 1.04 bits per heavy atom. The predicted octanol–water partition coefficient (Wildman–Crippen LogP) is 3.24. The third kappa shape index (κ3) is 2.10. The minimum absolute atomic E-state index is 0.247. The van der Waals surface area contributed by atoms with E-state index in [1.165, 1.54) is 23.9 Å². The fraction of sp³-hybridized carbons (Fsp3) is 0.150. The van der Waals surface area contributed by atoms with Crippen molar-refractivity contribution < 1.29 is 14.4 Å². The third-order valence-corrected chi connectivity index (χ3v) is 6.02. The average Bonchev–Trinajstić information content (AvgIpc) is 2.58. The van der Waals surface area contributed by atoms with Gasteiger partial charge < -0.3 is 0 Å². The highest BCUT2D eigenvalue weighted by Gasteiger charge is 2.56. The van der Waals surface area contributed by atoms with Crippen LogP contribution < -0.4 is 0 Å². The molecule has 0 aromatic heterocycles. The molecule has 0 unspecified atom stereocenters. The van der Waals surface area contributed by atoms with Crippen molar-refractivity contribution in [2.75, 3.05) is 0 Å². The van der Waals surface area contributed by atoms with Gasteiger partial charge in [0.05, 0.1) is 0 Å². The summed E-state index contributed by atoms with van der Waals surface area (Å²) in [5.74, 6) is -1.68. The van der Waals surface area contributed by atoms with Crippen LogP contribution in [0.25, 0.3) is 0 Å². The van der Waals surface area contributed by atoms with E-state index in [1.807, 2.05) is 36.4 Å². The molecule has 0 fully saturated rings. The summed E-state index contributed by atoms with van der Waals surface area (Å²) in [6, 6.07) is 9.39. The topological polar surface area (TPSA) is 51.2 Å². The smallest absolute Gasteiger partial charge is 0.183 e. The van der Waals surface area contributed by atoms with Crippen molar-refractivity contribution >= 4 is 29.1 Å². The van der Waals surface area contributed by atoms with Gasteiger partial charge in [-0.2, -0.15) is 0 Å². The van der Waals surface area contributed by atoms with Gasteiger partial charge in [-0.1, -0.05) is 54.3 Å². The van der Waals surface area contributed by atoms with Gasteiger partial charge in [0.15, 0.2) is 22.1 Å². The number of allylic oxidation sites excluding steroid dienone is 7. The van der Waals surface area contributed by atoms with E-state index in [9.17, 15) is 14.4 Å². The first-order valence-corrected chi connectivity index (χ1v) is 8.57. The number of rotatable bonds is 2. The highest BCUT2D eigenvalue weighted by atomic mass is 32.2. The standard InChI is InChI=1S/C20H14O3S/c21-16-10-4-6-13-12-14-7-5-11-17(22)20(14,19(23)18(13)16)24-15-8-2-1-3-9-15/h1-6,8-12,18H,7H2/t18-,20-/m0/s1. The maximum absolute atomic E-state index is 13.3. The van der Waals surface area contributed by atoms with E-state index in [1.54, 1.807) is 18.2 Å². The Labute approximate surface area is 143 Å². The molecule has 2 atom stereocenters. The molecule has 0 heterocycles. The zero-order chi connectivity index (χ0) is 16.7. The van der Waals surface area contributed by atoms with Gasteiger partial charge in [-0.05, 0) is 41.9 Å². The van der Waals surface area contributed by atoms with E-state index in [2.05, 4.69) is 0 Å². The van der Waals surface area contributed by atoms with E-state index in [0.717, 1.165) is 10.5 Å². The summed E-state index contributed by atoms with van der Waals surface area (Å²) < 4.78 is -1.32. The number of fused-ring (bicyclic) bond motifs is 2. The summed E-state index contributed by atoms with van der Waals surface area (Å²) in [6.45, 7) is 0. The predicted molar refractivity (Wildman–Crippen MR) is 92.6 cm³/mol. The number of hydrogen-bond donors (Lipinski definition) is 0. The van der Waals surface area contributed by atoms with E-state index in [0.29, 0.717) is 12.0 Å². The second-order valence-electron chi connectivity index (χ2n) is 5.96. The number of benzene rings is 1. The number of Topliss-reactive ketones (excluding diaryl/α,β-unsaturated/α-hetero) is 1. The summed E-state index contributed by atoms with van der Waals surface area (Å²) in [5, 5.41) is 0. The third-order valence-electron chi connectivity index (χ3n) is 4.54. The number of carbonyl (C=O) groups is 3. The molecule has 0 saturated heterocycles. The van der Waals surface area contributed by atoms with Crippen LogP contribution in [0.3, 0.4) is 0 Å². The molecule has 0 spiro atoms. The fourth-order valence-electron chi connectivity index (χ4n) is 3.41. The molecule has 3 aliphatic rings. The fourth-order valence-corrected chi connectivity index (χ4v) is 4.72. The van der Waals surface area contributed by atoms with Crippen LogP contribution in [0.1, 0.15) is 6.42 Å². The largest absolute Gasteiger partial charge is 0.296 e. The Morgan fingerprint density at radius 2 is 1.83 bits per heavy atom. The summed E-state index contributed by atoms with van der Waals surface area (Å²) in [4.78, 5) is 39.3. The van der Waals surface area contributed by atoms with Crippen LogP contribution in [-0.4, -0.2) is 22.1 Å². The summed E-state index contributed by atoms with van der Waals surface area (Å²) in [6.07, 6.45) is 10.5. The van der Waals surface area contributed by atoms with Crippen molar-refractivity contribution in [3.8, 4) is 0 Å². The zero-order valence-electron chi connectivity index (χ0n) is 12.8. The second kappa shape index (κ2) is 5.56. The minimum atomic E-state index is -1.32. The van der Waals surface area contributed by atoms with Gasteiger partial charge in [0.25, 0.3) is 0 Å². The molecule has 0 bridgehead atoms. The Balaban J connectivity index is 1.90. The lowest BCUT2D eigenvalue weighted by molar-refractivity contribution is -0.132. The maximum atomic E-state index is 13.3. The molecule has 4 rings (SSSR count). The van der Waals surface area contributed by atoms with Gasteiger partial charge in [0, 0.05) is 4.90 Å². The molecule has 3 aliphatic carbocycles. The van der Waals surface area contributed by atoms with Gasteiger partial charge in [0.1, 0.15) is 5.92 Å². The first-order chi connectivity index (χ1) is 11.6. The van der Waals surface area contributed by atoms with Crippen molar-refractivity contribution in [1.29, 1.82) is 0 Å². The van der Waals surface area contributed by atoms with Gasteiger partial charge >= 0.3 is 0 Å². The Bertz CT molecular complexity index is 873. The molecular weight excluding hydrogens is 320 g/mol. The number of thioether (sulfide) groups is 1. The van der Waals surface area contributed by atoms with E-state index >= 15 is 0 Å². The quantitative estimate of drug-likeness (QED) is 0.779. The van der Waals surface area contributed by atoms with E-state index < -0.39 is 10.7 Å². The first-order valence-electron chi connectivity index (χ1n) is 7.75. The molecule has 24 heavy (non-hydrogen) atoms. The monoisotopic (exact) mass is 334 g/mol. The van der Waals surface area contributed by atoms with Crippen molar-refractivity contribution in [2.24, 2.45) is 5.92 Å². The lowest BCUT2D eigenvalue weighted by Crippen LogP contribution is -2.53. The Hall–Kier alpha value is -2.46. The second-order valence-corrected chi connectivity index (χ2v) is 7.25. The zero-order valence-corrected chi connectivity index (χ0v) is 13.6. The SMILES string of the molecule is O=C1C=CC=C2C=C3CC=CC(=O)[C@]3(Sc3ccccc3)C(=O)[C@H]12. The van der Waals surface area contributed by atoms with Crippen LogP contribution in [0.15, 0.2) is 82.8 Å². The van der Waals surface area contributed by atoms with Crippen LogP contribution in [-0.2, 0) is 14.4 Å². The average molecular weight is 334 g/mol. The van der Waals surface area contributed by atoms with Crippen LogP contribution in [0, 0.1) is 5.92 Å². The molecule has 1 aromatic carbocycles. The lowest BCUT2D eigenvalue weighted by Gasteiger charge is -2.40. The molecule has 118 valence electrons. The molecule has 0 saturated carbocycles. The van der Waals surface area contributed by atoms with Crippen molar-refractivity contribution in [3.63, 3.8) is 0 Å². The van der Waals surface area contributed by atoms with Gasteiger partial charge in [-0.25, -0.2) is 0 Å². The molecule has 0 aliphatic heterocycles. The Morgan fingerprint density at radius 3 is 2.62 bits per heavy atom. The molecule has 0 radical (unpaired) electrons. The summed E-state index contributed by atoms with van der Waals surface area (Å²) in [5.41, 5.74) is 1.45. The number of hydrogen-bond acceptors (Lipinski definition) is 4. The lowest BCUT2D eigenvalue weighted by atomic mass is 9.69. The Kier molecular flexibility index (Phi) is 3.50. The van der Waals surface area contributed by atoms with Crippen molar-refractivity contribution in [3.05, 3.63) is 77.9 Å². The number of carbonyl (C=O) groups excluding carboxylic acids is 3. The molecular formula is C20H14O3S. The first kappa shape index (κ1) is 15.1. The van der Waals surface area contributed by atoms with Gasteiger partial charge in [-0.3, -0.25) is 14.4 Å². The summed E-state index contributed by atoms with van der Waals surface area (Å²) in [7, 11) is 0. The van der Waals surface area contributed by atoms with E-state index in [-0.39, 0.29) is 17.3 Å². The highest BCUT2D eigenvalue weighted by Crippen LogP contribution is 2.50. The van der Waals surface area contributed by atoms with Crippen LogP contribution >= 0.6 is 11.8 Å². The molecule has 0 amide bonds. The van der Waals surface area contributed by atoms with Gasteiger partial charge in [-0.15, -0.1) is 0 Å². The number of ketones is 3. The van der Waals surface area contributed by atoms with Crippen molar-refractivity contribution in [2.45, 2.75) is 16.1 Å². The van der Waals surface area contributed by atoms with Crippen LogP contribution in [0.2, 0.25) is 0 Å². The van der Waals surface area contributed by atoms with Crippen LogP contribution in [0.5, 0.6) is 0 Å². The molecule has 4 heteroatoms. The maximum Gasteiger partial charge on any atom is 0.183 e. The summed E-state index contributed by atoms with van der Waals surface area (Å²) >= 11 is 1.25. The minimum Gasteiger partial charge on any atom is -0.296 e. The van der Waals surface area contributed by atoms with E-state index in [4.69, 9.17) is 0 Å². The normalized spacial score (nSPS) is 28.2. The van der Waals surface area contributed by atoms with Crippen molar-refractivity contribution in [1.82, 2.24) is 0 Å². The molecule has 3 nitrogen and oxygen atoms in total. The molecule has 1 aromatic rings. The van der Waals surface area contributed by atoms with Crippen LogP contribution in [0.4, 0.5) is 0 Å².